The zero-order chi connectivity index (χ0) is 3.58. The van der Waals surface area contributed by atoms with Gasteiger partial charge in [0, 0.05) is 0 Å². The second-order valence-electron chi connectivity index (χ2n) is 0.228. The van der Waals surface area contributed by atoms with E-state index in [4.69, 9.17) is 23.2 Å². The first-order valence-corrected chi connectivity index (χ1v) is 2.88. The van der Waals surface area contributed by atoms with Crippen LogP contribution in [0.5, 0.6) is 0 Å². The van der Waals surface area contributed by atoms with Crippen LogP contribution < -0.4 is 0 Å². The standard InChI is InChI=1S/CHCl2.Ir/c2-1-3;/h1H;. The normalized spacial score (nSPS) is 9.25. The van der Waals surface area contributed by atoms with Gasteiger partial charge in [0.1, 0.15) is 0 Å². The van der Waals surface area contributed by atoms with E-state index in [2.05, 4.69) is 0 Å². The van der Waals surface area contributed by atoms with Gasteiger partial charge in [-0.3, -0.25) is 0 Å². The second-order valence-corrected chi connectivity index (χ2v) is 4.31. The summed E-state index contributed by atoms with van der Waals surface area (Å²) in [7, 11) is 0. The molecule has 0 atom stereocenters. The van der Waals surface area contributed by atoms with Gasteiger partial charge in [-0.05, 0) is 0 Å². The Bertz CT molecular complexity index is 10.8. The average molecular weight is 276 g/mol. The van der Waals surface area contributed by atoms with Crippen molar-refractivity contribution >= 4 is 23.2 Å². The molecule has 0 fully saturated rings. The summed E-state index contributed by atoms with van der Waals surface area (Å²) in [4.78, 5) is 0. The molecule has 3 heteroatoms. The third kappa shape index (κ3) is 10.6. The Morgan fingerprint density at radius 1 is 1.50 bits per heavy atom. The Morgan fingerprint density at radius 3 is 1.50 bits per heavy atom. The van der Waals surface area contributed by atoms with Gasteiger partial charge in [0.05, 0.1) is 0 Å². The van der Waals surface area contributed by atoms with Crippen LogP contribution in [0.2, 0.25) is 0 Å². The topological polar surface area (TPSA) is 0 Å². The Hall–Kier alpha value is 1.23. The van der Waals surface area contributed by atoms with E-state index < -0.39 is 0 Å². The van der Waals surface area contributed by atoms with E-state index >= 15 is 0 Å². The Labute approximate surface area is 45.6 Å². The molecule has 0 aliphatic heterocycles. The van der Waals surface area contributed by atoms with Crippen molar-refractivity contribution in [2.75, 3.05) is 0 Å². The van der Waals surface area contributed by atoms with Crippen LogP contribution in [0.25, 0.3) is 0 Å². The molecule has 0 spiro atoms. The maximum atomic E-state index is 5.04. The molecule has 0 N–H and O–H groups in total. The minimum absolute atomic E-state index is 0.222. The zero-order valence-electron chi connectivity index (χ0n) is 1.67. The molecule has 0 aromatic carbocycles. The van der Waals surface area contributed by atoms with E-state index in [-0.39, 0.29) is 3.35 Å². The first-order chi connectivity index (χ1) is 1.73. The monoisotopic (exact) mass is 276 g/mol. The molecule has 0 rings (SSSR count). The number of hydrogen-bond acceptors (Lipinski definition) is 0. The van der Waals surface area contributed by atoms with Gasteiger partial charge in [0.25, 0.3) is 0 Å². The summed E-state index contributed by atoms with van der Waals surface area (Å²) < 4.78 is -0.222. The SMILES string of the molecule is Cl[CH](Cl)[Ir]. The Kier molecular flexibility index (Phi) is 3.22. The van der Waals surface area contributed by atoms with Crippen LogP contribution in [-0.2, 0) is 18.9 Å². The van der Waals surface area contributed by atoms with Crippen LogP contribution in [0.1, 0.15) is 0 Å². The van der Waals surface area contributed by atoms with Crippen LogP contribution in [0.4, 0.5) is 0 Å². The van der Waals surface area contributed by atoms with Gasteiger partial charge in [-0.15, -0.1) is 0 Å². The summed E-state index contributed by atoms with van der Waals surface area (Å²) >= 11 is 11.8. The van der Waals surface area contributed by atoms with E-state index in [1.54, 1.807) is 18.9 Å². The van der Waals surface area contributed by atoms with E-state index in [1.807, 2.05) is 0 Å². The van der Waals surface area contributed by atoms with Crippen molar-refractivity contribution in [1.82, 2.24) is 0 Å². The summed E-state index contributed by atoms with van der Waals surface area (Å²) in [6.07, 6.45) is 0. The second kappa shape index (κ2) is 2.47. The van der Waals surface area contributed by atoms with Gasteiger partial charge in [-0.1, -0.05) is 0 Å². The number of halogens is 2. The predicted molar refractivity (Wildman–Crippen MR) is 15.5 cm³/mol. The first-order valence-electron chi connectivity index (χ1n) is 0.629. The van der Waals surface area contributed by atoms with Crippen molar-refractivity contribution in [3.8, 4) is 0 Å². The van der Waals surface area contributed by atoms with Crippen LogP contribution >= 0.6 is 23.2 Å². The molecular formula is CHCl2Ir. The van der Waals surface area contributed by atoms with Gasteiger partial charge in [-0.25, -0.2) is 0 Å². The molecule has 0 heterocycles. The fourth-order valence-corrected chi connectivity index (χ4v) is 0. The fourth-order valence-electron chi connectivity index (χ4n) is 0. The summed E-state index contributed by atoms with van der Waals surface area (Å²) in [5.74, 6) is 0. The first kappa shape index (κ1) is 5.23. The summed E-state index contributed by atoms with van der Waals surface area (Å²) in [6.45, 7) is 0. The van der Waals surface area contributed by atoms with E-state index in [1.165, 1.54) is 0 Å². The van der Waals surface area contributed by atoms with Crippen LogP contribution in [-0.4, -0.2) is 3.35 Å². The van der Waals surface area contributed by atoms with E-state index in [0.717, 1.165) is 0 Å². The molecule has 0 saturated heterocycles. The number of alkyl halides is 2. The van der Waals surface area contributed by atoms with Crippen molar-refractivity contribution in [2.24, 2.45) is 0 Å². The van der Waals surface area contributed by atoms with Crippen LogP contribution in [0, 0.1) is 0 Å². The molecule has 0 unspecified atom stereocenters. The Balaban J connectivity index is 2.32. The van der Waals surface area contributed by atoms with Crippen molar-refractivity contribution < 1.29 is 18.9 Å². The Morgan fingerprint density at radius 2 is 1.50 bits per heavy atom. The number of hydrogen-bond donors (Lipinski definition) is 0. The molecule has 0 nitrogen and oxygen atoms in total. The molecule has 0 radical (unpaired) electrons. The molecule has 4 heavy (non-hydrogen) atoms. The van der Waals surface area contributed by atoms with Gasteiger partial charge in [-0.2, -0.15) is 0 Å². The van der Waals surface area contributed by atoms with Crippen LogP contribution in [0.3, 0.4) is 0 Å². The molecule has 0 aliphatic carbocycles. The molecule has 0 aromatic heterocycles. The molecular weight excluding hydrogens is 275 g/mol. The van der Waals surface area contributed by atoms with E-state index in [9.17, 15) is 0 Å². The average Bonchev–Trinajstić information content (AvgIpc) is 0.811. The zero-order valence-corrected chi connectivity index (χ0v) is 5.57. The summed E-state index contributed by atoms with van der Waals surface area (Å²) in [5.41, 5.74) is 0. The van der Waals surface area contributed by atoms with E-state index in [0.29, 0.717) is 0 Å². The predicted octanol–water partition coefficient (Wildman–Crippen LogP) is 1.29. The summed E-state index contributed by atoms with van der Waals surface area (Å²) in [6, 6.07) is 0. The summed E-state index contributed by atoms with van der Waals surface area (Å²) in [5, 5.41) is 0. The van der Waals surface area contributed by atoms with Gasteiger partial charge in [0.15, 0.2) is 0 Å². The fraction of sp³-hybridized carbons (Fsp3) is 1.00. The van der Waals surface area contributed by atoms with Crippen molar-refractivity contribution in [2.45, 2.75) is 3.35 Å². The molecule has 0 bridgehead atoms. The minimum atomic E-state index is -0.222. The quantitative estimate of drug-likeness (QED) is 0.585. The van der Waals surface area contributed by atoms with Gasteiger partial charge < -0.3 is 0 Å². The third-order valence-corrected chi connectivity index (χ3v) is 0. The van der Waals surface area contributed by atoms with Crippen molar-refractivity contribution in [3.63, 3.8) is 0 Å². The van der Waals surface area contributed by atoms with Crippen molar-refractivity contribution in [3.05, 3.63) is 0 Å². The molecule has 0 amide bonds. The molecule has 28 valence electrons. The van der Waals surface area contributed by atoms with Crippen molar-refractivity contribution in [1.29, 1.82) is 0 Å². The number of rotatable bonds is 0. The van der Waals surface area contributed by atoms with Gasteiger partial charge in [0.2, 0.25) is 0 Å². The van der Waals surface area contributed by atoms with Gasteiger partial charge >= 0.3 is 45.5 Å². The molecule has 0 aliphatic rings. The van der Waals surface area contributed by atoms with Crippen LogP contribution in [0.15, 0.2) is 0 Å². The molecule has 0 saturated carbocycles. The molecule has 0 aromatic rings. The third-order valence-electron chi connectivity index (χ3n) is 0. The maximum absolute atomic E-state index is 5.04.